The second-order valence-corrected chi connectivity index (χ2v) is 6.86. The molecule has 0 aliphatic carbocycles. The molecule has 0 aliphatic rings. The molecule has 1 aromatic heterocycles. The van der Waals surface area contributed by atoms with E-state index < -0.39 is 22.7 Å². The third kappa shape index (κ3) is 3.90. The normalized spacial score (nSPS) is 13.1. The lowest BCUT2D eigenvalue weighted by Crippen LogP contribution is -2.13. The third-order valence-electron chi connectivity index (χ3n) is 2.99. The van der Waals surface area contributed by atoms with Gasteiger partial charge in [-0.3, -0.25) is 4.79 Å². The molecule has 130 valence electrons. The molecule has 0 saturated carbocycles. The van der Waals surface area contributed by atoms with E-state index in [0.29, 0.717) is 12.1 Å². The Morgan fingerprint density at radius 1 is 1.29 bits per heavy atom. The van der Waals surface area contributed by atoms with Crippen LogP contribution in [0.25, 0.3) is 0 Å². The van der Waals surface area contributed by atoms with Crippen LogP contribution in [0.15, 0.2) is 18.2 Å². The molecule has 1 heterocycles. The molecule has 0 aliphatic heterocycles. The highest BCUT2D eigenvalue weighted by molar-refractivity contribution is 7.82. The van der Waals surface area contributed by atoms with Gasteiger partial charge in [-0.25, -0.2) is 4.21 Å². The maximum Gasteiger partial charge on any atom is 0.416 e. The minimum atomic E-state index is -4.60. The minimum absolute atomic E-state index is 0.0189. The van der Waals surface area contributed by atoms with Gasteiger partial charge >= 0.3 is 6.18 Å². The maximum atomic E-state index is 12.7. The summed E-state index contributed by atoms with van der Waals surface area (Å²) in [7, 11) is -1.91. The molecule has 1 unspecified atom stereocenters. The Morgan fingerprint density at radius 3 is 2.25 bits per heavy atom. The van der Waals surface area contributed by atoms with Crippen molar-refractivity contribution in [2.24, 2.45) is 0 Å². The molecule has 0 spiro atoms. The van der Waals surface area contributed by atoms with Crippen molar-refractivity contribution in [1.82, 2.24) is 9.19 Å². The van der Waals surface area contributed by atoms with E-state index in [0.717, 1.165) is 4.09 Å². The summed E-state index contributed by atoms with van der Waals surface area (Å²) in [5.41, 5.74) is 4.70. The number of nitrogen functional groups attached to an aromatic ring is 1. The van der Waals surface area contributed by atoms with E-state index in [2.05, 4.69) is 5.10 Å². The summed E-state index contributed by atoms with van der Waals surface area (Å²) >= 11 is 11.7. The fraction of sp³-hybridized carbons (Fsp3) is 0.231. The maximum absolute atomic E-state index is 12.7. The van der Waals surface area contributed by atoms with Gasteiger partial charge in [0.05, 0.1) is 11.3 Å². The molecule has 2 aromatic rings. The molecule has 11 heteroatoms. The molecular formula is C13H10Cl2F3N3O2S. The van der Waals surface area contributed by atoms with Crippen molar-refractivity contribution in [3.05, 3.63) is 45.1 Å². The summed E-state index contributed by atoms with van der Waals surface area (Å²) in [6.45, 7) is 1.26. The van der Waals surface area contributed by atoms with Gasteiger partial charge in [-0.15, -0.1) is 0 Å². The van der Waals surface area contributed by atoms with Crippen LogP contribution < -0.4 is 5.73 Å². The lowest BCUT2D eigenvalue weighted by molar-refractivity contribution is -0.137. The zero-order valence-electron chi connectivity index (χ0n) is 12.0. The largest absolute Gasteiger partial charge is 0.416 e. The molecular weight excluding hydrogens is 390 g/mol. The molecule has 0 amide bonds. The van der Waals surface area contributed by atoms with Gasteiger partial charge in [0.2, 0.25) is 0 Å². The van der Waals surface area contributed by atoms with Crippen LogP contribution in [0, 0.1) is 0 Å². The Labute approximate surface area is 147 Å². The molecule has 24 heavy (non-hydrogen) atoms. The Bertz CT molecular complexity index is 813. The number of carbonyl (C=O) groups is 1. The molecule has 2 rings (SSSR count). The van der Waals surface area contributed by atoms with E-state index in [1.54, 1.807) is 0 Å². The quantitative estimate of drug-likeness (QED) is 0.794. The first-order valence-corrected chi connectivity index (χ1v) is 8.34. The monoisotopic (exact) mass is 399 g/mol. The molecule has 5 nitrogen and oxygen atoms in total. The molecule has 0 saturated heterocycles. The van der Waals surface area contributed by atoms with Crippen molar-refractivity contribution in [1.29, 1.82) is 0 Å². The molecule has 0 bridgehead atoms. The molecule has 0 radical (unpaired) electrons. The number of rotatable bonds is 4. The van der Waals surface area contributed by atoms with Gasteiger partial charge in [0, 0.05) is 28.6 Å². The average molecular weight is 400 g/mol. The zero-order chi connectivity index (χ0) is 18.2. The first kappa shape index (κ1) is 18.8. The van der Waals surface area contributed by atoms with Crippen LogP contribution in [0.2, 0.25) is 10.0 Å². The van der Waals surface area contributed by atoms with Gasteiger partial charge in [0.25, 0.3) is 0 Å². The Hall–Kier alpha value is -1.58. The van der Waals surface area contributed by atoms with Gasteiger partial charge in [0.15, 0.2) is 5.78 Å². The van der Waals surface area contributed by atoms with Gasteiger partial charge in [-0.1, -0.05) is 23.2 Å². The molecule has 0 fully saturated rings. The zero-order valence-corrected chi connectivity index (χ0v) is 14.4. The highest BCUT2D eigenvalue weighted by Gasteiger charge is 2.32. The number of carbonyl (C=O) groups excluding carboxylic acids is 1. The number of alkyl halides is 3. The Kier molecular flexibility index (Phi) is 5.26. The number of hydrogen-bond acceptors (Lipinski definition) is 4. The van der Waals surface area contributed by atoms with Crippen LogP contribution in [0.5, 0.6) is 0 Å². The van der Waals surface area contributed by atoms with Crippen LogP contribution in [0.1, 0.15) is 28.5 Å². The van der Waals surface area contributed by atoms with Crippen LogP contribution in [-0.4, -0.2) is 19.2 Å². The Balaban J connectivity index is 2.35. The van der Waals surface area contributed by atoms with Gasteiger partial charge in [0.1, 0.15) is 22.5 Å². The number of nitrogens with zero attached hydrogens (tertiary/aromatic N) is 2. The fourth-order valence-electron chi connectivity index (χ4n) is 1.80. The van der Waals surface area contributed by atoms with Crippen molar-refractivity contribution in [3.8, 4) is 0 Å². The summed E-state index contributed by atoms with van der Waals surface area (Å²) in [6, 6.07) is 2.65. The first-order chi connectivity index (χ1) is 11.0. The van der Waals surface area contributed by atoms with E-state index in [1.807, 2.05) is 0 Å². The van der Waals surface area contributed by atoms with Crippen LogP contribution >= 0.6 is 23.2 Å². The number of aromatic nitrogens is 2. The van der Waals surface area contributed by atoms with Crippen LogP contribution in [-0.2, 0) is 22.9 Å². The van der Waals surface area contributed by atoms with E-state index in [9.17, 15) is 22.2 Å². The average Bonchev–Trinajstić information content (AvgIpc) is 2.83. The summed E-state index contributed by atoms with van der Waals surface area (Å²) < 4.78 is 51.3. The van der Waals surface area contributed by atoms with Gasteiger partial charge in [-0.2, -0.15) is 22.4 Å². The minimum Gasteiger partial charge on any atom is -0.383 e. The predicted octanol–water partition coefficient (Wildman–Crippen LogP) is 3.71. The summed E-state index contributed by atoms with van der Waals surface area (Å²) in [5.74, 6) is -0.723. The molecule has 1 atom stereocenters. The smallest absolute Gasteiger partial charge is 0.383 e. The topological polar surface area (TPSA) is 78.0 Å². The van der Waals surface area contributed by atoms with Crippen molar-refractivity contribution in [2.45, 2.75) is 18.9 Å². The number of ketones is 1. The predicted molar refractivity (Wildman–Crippen MR) is 85.4 cm³/mol. The second kappa shape index (κ2) is 6.73. The van der Waals surface area contributed by atoms with Gasteiger partial charge < -0.3 is 5.73 Å². The van der Waals surface area contributed by atoms with Crippen molar-refractivity contribution in [2.75, 3.05) is 5.73 Å². The highest BCUT2D eigenvalue weighted by atomic mass is 35.5. The summed E-state index contributed by atoms with van der Waals surface area (Å²) in [4.78, 5) is 11.3. The number of halogens is 5. The van der Waals surface area contributed by atoms with E-state index in [-0.39, 0.29) is 38.7 Å². The van der Waals surface area contributed by atoms with Crippen molar-refractivity contribution in [3.63, 3.8) is 0 Å². The number of benzene rings is 1. The third-order valence-corrected chi connectivity index (χ3v) is 4.88. The second-order valence-electron chi connectivity index (χ2n) is 4.77. The number of hydrogen-bond donors (Lipinski definition) is 1. The number of nitrogens with two attached hydrogens (primary N) is 1. The first-order valence-electron chi connectivity index (χ1n) is 6.31. The van der Waals surface area contributed by atoms with Gasteiger partial charge in [-0.05, 0) is 12.1 Å². The number of anilines is 1. The summed E-state index contributed by atoms with van der Waals surface area (Å²) in [6.07, 6.45) is -4.60. The SMILES string of the molecule is CC(=O)c1cc(N)n(S(=O)Cc2c(Cl)cc(C(F)(F)F)cc2Cl)n1. The van der Waals surface area contributed by atoms with Crippen molar-refractivity contribution >= 4 is 45.8 Å². The highest BCUT2D eigenvalue weighted by Crippen LogP contribution is 2.36. The lowest BCUT2D eigenvalue weighted by atomic mass is 10.1. The van der Waals surface area contributed by atoms with E-state index in [1.165, 1.54) is 13.0 Å². The molecule has 2 N–H and O–H groups in total. The van der Waals surface area contributed by atoms with E-state index >= 15 is 0 Å². The molecule has 1 aromatic carbocycles. The van der Waals surface area contributed by atoms with Crippen LogP contribution in [0.4, 0.5) is 19.0 Å². The van der Waals surface area contributed by atoms with Crippen LogP contribution in [0.3, 0.4) is 0 Å². The fourth-order valence-corrected chi connectivity index (χ4v) is 3.73. The lowest BCUT2D eigenvalue weighted by Gasteiger charge is -2.12. The Morgan fingerprint density at radius 2 is 1.83 bits per heavy atom. The number of Topliss-reactive ketones (excluding diaryl/α,β-unsaturated/α-hetero) is 1. The standard InChI is InChI=1S/C13H10Cl2F3N3O2S/c1-6(22)11-4-12(19)21(20-11)24(23)5-8-9(14)2-7(3-10(8)15)13(16,17)18/h2-4H,5,19H2,1H3. The van der Waals surface area contributed by atoms with Crippen molar-refractivity contribution < 1.29 is 22.2 Å². The van der Waals surface area contributed by atoms with E-state index in [4.69, 9.17) is 28.9 Å². The summed E-state index contributed by atoms with van der Waals surface area (Å²) in [5, 5.41) is 3.24.